The highest BCUT2D eigenvalue weighted by Gasteiger charge is 2.30. The van der Waals surface area contributed by atoms with Crippen LogP contribution in [0.5, 0.6) is 6.01 Å². The van der Waals surface area contributed by atoms with Crippen LogP contribution in [0.25, 0.3) is 0 Å². The van der Waals surface area contributed by atoms with Gasteiger partial charge in [-0.15, -0.1) is 0 Å². The van der Waals surface area contributed by atoms with E-state index in [1.807, 2.05) is 17.9 Å². The van der Waals surface area contributed by atoms with Crippen molar-refractivity contribution in [2.75, 3.05) is 44.8 Å². The molecule has 0 unspecified atom stereocenters. The molecular formula is C20H30N4O4. The van der Waals surface area contributed by atoms with Gasteiger partial charge in [0.2, 0.25) is 5.91 Å². The standard InChI is InChI=1S/C20H30N4O4/c1-3-28-19(26)16-7-12-24(13-8-16)18(25)14-15-5-10-23(11-6-15)17-4-9-21-20(22-17)27-2/h4,9,15-16H,3,5-8,10-14H2,1-2H3. The van der Waals surface area contributed by atoms with Crippen LogP contribution in [-0.2, 0) is 14.3 Å². The fourth-order valence-electron chi connectivity index (χ4n) is 3.97. The fraction of sp³-hybridized carbons (Fsp3) is 0.700. The minimum absolute atomic E-state index is 0.0582. The van der Waals surface area contributed by atoms with Gasteiger partial charge < -0.3 is 19.3 Å². The van der Waals surface area contributed by atoms with E-state index in [-0.39, 0.29) is 17.8 Å². The van der Waals surface area contributed by atoms with E-state index in [2.05, 4.69) is 14.9 Å². The van der Waals surface area contributed by atoms with Crippen molar-refractivity contribution < 1.29 is 19.1 Å². The zero-order chi connectivity index (χ0) is 19.9. The van der Waals surface area contributed by atoms with Gasteiger partial charge in [-0.25, -0.2) is 4.98 Å². The molecule has 0 atom stereocenters. The van der Waals surface area contributed by atoms with Gasteiger partial charge in [0.05, 0.1) is 19.6 Å². The first-order valence-electron chi connectivity index (χ1n) is 10.2. The first-order chi connectivity index (χ1) is 13.6. The summed E-state index contributed by atoms with van der Waals surface area (Å²) in [6.45, 7) is 5.30. The van der Waals surface area contributed by atoms with E-state index < -0.39 is 0 Å². The molecule has 154 valence electrons. The maximum atomic E-state index is 12.7. The summed E-state index contributed by atoms with van der Waals surface area (Å²) < 4.78 is 10.2. The summed E-state index contributed by atoms with van der Waals surface area (Å²) in [7, 11) is 1.56. The molecule has 3 rings (SSSR count). The number of methoxy groups -OCH3 is 1. The van der Waals surface area contributed by atoms with Gasteiger partial charge in [0, 0.05) is 38.8 Å². The third-order valence-electron chi connectivity index (χ3n) is 5.67. The monoisotopic (exact) mass is 390 g/mol. The molecule has 0 N–H and O–H groups in total. The Morgan fingerprint density at radius 1 is 1.14 bits per heavy atom. The van der Waals surface area contributed by atoms with Crippen LogP contribution in [0, 0.1) is 11.8 Å². The van der Waals surface area contributed by atoms with E-state index in [9.17, 15) is 9.59 Å². The Labute approximate surface area is 166 Å². The average molecular weight is 390 g/mol. The molecule has 2 saturated heterocycles. The lowest BCUT2D eigenvalue weighted by molar-refractivity contribution is -0.151. The minimum Gasteiger partial charge on any atom is -0.467 e. The highest BCUT2D eigenvalue weighted by molar-refractivity contribution is 5.77. The van der Waals surface area contributed by atoms with E-state index >= 15 is 0 Å². The number of hydrogen-bond donors (Lipinski definition) is 0. The van der Waals surface area contributed by atoms with Crippen LogP contribution >= 0.6 is 0 Å². The van der Waals surface area contributed by atoms with Gasteiger partial charge in [-0.05, 0) is 44.6 Å². The number of esters is 1. The first kappa shape index (κ1) is 20.4. The van der Waals surface area contributed by atoms with Gasteiger partial charge in [-0.3, -0.25) is 9.59 Å². The Morgan fingerprint density at radius 2 is 1.86 bits per heavy atom. The highest BCUT2D eigenvalue weighted by Crippen LogP contribution is 2.26. The van der Waals surface area contributed by atoms with E-state index in [1.54, 1.807) is 13.3 Å². The van der Waals surface area contributed by atoms with E-state index in [0.29, 0.717) is 50.9 Å². The maximum Gasteiger partial charge on any atom is 0.318 e. The molecule has 8 heteroatoms. The van der Waals surface area contributed by atoms with Crippen molar-refractivity contribution in [1.29, 1.82) is 0 Å². The minimum atomic E-state index is -0.122. The second kappa shape index (κ2) is 9.71. The predicted molar refractivity (Wildman–Crippen MR) is 104 cm³/mol. The second-order valence-corrected chi connectivity index (χ2v) is 7.44. The summed E-state index contributed by atoms with van der Waals surface area (Å²) in [5.41, 5.74) is 0. The lowest BCUT2D eigenvalue weighted by Crippen LogP contribution is -2.42. The van der Waals surface area contributed by atoms with Gasteiger partial charge in [-0.1, -0.05) is 0 Å². The molecule has 28 heavy (non-hydrogen) atoms. The van der Waals surface area contributed by atoms with Crippen molar-refractivity contribution in [3.63, 3.8) is 0 Å². The van der Waals surface area contributed by atoms with Crippen molar-refractivity contribution in [2.24, 2.45) is 11.8 Å². The molecule has 0 saturated carbocycles. The van der Waals surface area contributed by atoms with Gasteiger partial charge in [0.25, 0.3) is 0 Å². The molecule has 2 aliphatic rings. The van der Waals surface area contributed by atoms with Crippen molar-refractivity contribution in [2.45, 2.75) is 39.0 Å². The van der Waals surface area contributed by atoms with Crippen LogP contribution in [0.4, 0.5) is 5.82 Å². The molecule has 0 spiro atoms. The summed E-state index contributed by atoms with van der Waals surface area (Å²) in [6.07, 6.45) is 5.65. The average Bonchev–Trinajstić information content (AvgIpc) is 2.74. The molecule has 1 aromatic rings. The topological polar surface area (TPSA) is 84.9 Å². The Morgan fingerprint density at radius 3 is 2.50 bits per heavy atom. The Balaban J connectivity index is 1.42. The quantitative estimate of drug-likeness (QED) is 0.686. The molecule has 0 bridgehead atoms. The maximum absolute atomic E-state index is 12.7. The lowest BCUT2D eigenvalue weighted by atomic mass is 9.91. The van der Waals surface area contributed by atoms with Crippen LogP contribution in [0.2, 0.25) is 0 Å². The third kappa shape index (κ3) is 5.11. The van der Waals surface area contributed by atoms with E-state index in [1.165, 1.54) is 0 Å². The predicted octanol–water partition coefficient (Wildman–Crippen LogP) is 1.89. The van der Waals surface area contributed by atoms with Crippen LogP contribution in [0.15, 0.2) is 12.3 Å². The molecule has 2 fully saturated rings. The van der Waals surface area contributed by atoms with Crippen LogP contribution in [0.1, 0.15) is 39.0 Å². The van der Waals surface area contributed by atoms with E-state index in [4.69, 9.17) is 9.47 Å². The van der Waals surface area contributed by atoms with Crippen molar-refractivity contribution in [3.8, 4) is 6.01 Å². The largest absolute Gasteiger partial charge is 0.467 e. The number of rotatable bonds is 6. The summed E-state index contributed by atoms with van der Waals surface area (Å²) in [5, 5.41) is 0. The molecular weight excluding hydrogens is 360 g/mol. The number of nitrogens with zero attached hydrogens (tertiary/aromatic N) is 4. The molecule has 0 aromatic carbocycles. The zero-order valence-corrected chi connectivity index (χ0v) is 16.8. The molecule has 1 amide bonds. The summed E-state index contributed by atoms with van der Waals surface area (Å²) in [4.78, 5) is 37.1. The number of piperidine rings is 2. The number of ether oxygens (including phenoxy) is 2. The Kier molecular flexibility index (Phi) is 7.06. The second-order valence-electron chi connectivity index (χ2n) is 7.44. The molecule has 1 aromatic heterocycles. The first-order valence-corrected chi connectivity index (χ1v) is 10.2. The molecule has 3 heterocycles. The number of amides is 1. The number of hydrogen-bond acceptors (Lipinski definition) is 7. The third-order valence-corrected chi connectivity index (χ3v) is 5.67. The van der Waals surface area contributed by atoms with Gasteiger partial charge >= 0.3 is 12.0 Å². The van der Waals surface area contributed by atoms with Gasteiger partial charge in [0.15, 0.2) is 0 Å². The van der Waals surface area contributed by atoms with Crippen molar-refractivity contribution >= 4 is 17.7 Å². The van der Waals surface area contributed by atoms with Crippen LogP contribution in [0.3, 0.4) is 0 Å². The molecule has 2 aliphatic heterocycles. The number of carbonyl (C=O) groups is 2. The summed E-state index contributed by atoms with van der Waals surface area (Å²) in [5.74, 6) is 1.30. The van der Waals surface area contributed by atoms with Crippen LogP contribution in [-0.4, -0.2) is 66.6 Å². The molecule has 0 radical (unpaired) electrons. The Hall–Kier alpha value is -2.38. The SMILES string of the molecule is CCOC(=O)C1CCN(C(=O)CC2CCN(c3ccnc(OC)n3)CC2)CC1. The summed E-state index contributed by atoms with van der Waals surface area (Å²) in [6, 6.07) is 2.27. The smallest absolute Gasteiger partial charge is 0.318 e. The van der Waals surface area contributed by atoms with Crippen molar-refractivity contribution in [1.82, 2.24) is 14.9 Å². The van der Waals surface area contributed by atoms with Gasteiger partial charge in [0.1, 0.15) is 5.82 Å². The van der Waals surface area contributed by atoms with E-state index in [0.717, 1.165) is 31.7 Å². The Bertz CT molecular complexity index is 668. The van der Waals surface area contributed by atoms with Crippen molar-refractivity contribution in [3.05, 3.63) is 12.3 Å². The summed E-state index contributed by atoms with van der Waals surface area (Å²) >= 11 is 0. The lowest BCUT2D eigenvalue weighted by Gasteiger charge is -2.35. The number of carbonyl (C=O) groups excluding carboxylic acids is 2. The number of anilines is 1. The zero-order valence-electron chi connectivity index (χ0n) is 16.8. The molecule has 8 nitrogen and oxygen atoms in total. The molecule has 0 aliphatic carbocycles. The number of likely N-dealkylation sites (tertiary alicyclic amines) is 1. The van der Waals surface area contributed by atoms with Gasteiger partial charge in [-0.2, -0.15) is 4.98 Å². The fourth-order valence-corrected chi connectivity index (χ4v) is 3.97. The normalized spacial score (nSPS) is 18.8. The highest BCUT2D eigenvalue weighted by atomic mass is 16.5. The van der Waals surface area contributed by atoms with Crippen LogP contribution < -0.4 is 9.64 Å². The number of aromatic nitrogens is 2.